The molecule has 1 rings (SSSR count). The van der Waals surface area contributed by atoms with Gasteiger partial charge < -0.3 is 0 Å². The molecule has 0 aromatic heterocycles. The highest BCUT2D eigenvalue weighted by atomic mass is 14.3. The predicted octanol–water partition coefficient (Wildman–Crippen LogP) is 6.14. The van der Waals surface area contributed by atoms with Crippen molar-refractivity contribution in [3.05, 3.63) is 22.3 Å². The molecule has 1 aliphatic rings. The van der Waals surface area contributed by atoms with Gasteiger partial charge >= 0.3 is 0 Å². The van der Waals surface area contributed by atoms with Crippen molar-refractivity contribution >= 4 is 0 Å². The summed E-state index contributed by atoms with van der Waals surface area (Å²) >= 11 is 0. The Morgan fingerprint density at radius 1 is 0.833 bits per heavy atom. The fourth-order valence-corrected chi connectivity index (χ4v) is 3.31. The Bertz CT molecular complexity index is 337. The second kappa shape index (κ2) is 6.59. The second-order valence-electron chi connectivity index (χ2n) is 6.70. The summed E-state index contributed by atoms with van der Waals surface area (Å²) in [5.74, 6) is 2.07. The third kappa shape index (κ3) is 3.28. The largest absolute Gasteiger partial charge is 0.0654 e. The molecule has 0 unspecified atom stereocenters. The lowest BCUT2D eigenvalue weighted by Crippen LogP contribution is -2.06. The van der Waals surface area contributed by atoms with Gasteiger partial charge in [0.15, 0.2) is 0 Å². The van der Waals surface area contributed by atoms with Crippen LogP contribution in [0.2, 0.25) is 0 Å². The van der Waals surface area contributed by atoms with Crippen molar-refractivity contribution in [2.45, 2.75) is 74.1 Å². The van der Waals surface area contributed by atoms with Gasteiger partial charge in [-0.25, -0.2) is 0 Å². The Labute approximate surface area is 115 Å². The third-order valence-corrected chi connectivity index (χ3v) is 4.10. The van der Waals surface area contributed by atoms with Crippen molar-refractivity contribution < 1.29 is 0 Å². The number of hydrogen-bond acceptors (Lipinski definition) is 0. The molecule has 0 aliphatic heterocycles. The summed E-state index contributed by atoms with van der Waals surface area (Å²) in [4.78, 5) is 0. The van der Waals surface area contributed by atoms with Crippen molar-refractivity contribution in [2.24, 2.45) is 17.8 Å². The van der Waals surface area contributed by atoms with E-state index in [-0.39, 0.29) is 0 Å². The van der Waals surface area contributed by atoms with Crippen LogP contribution in [0.1, 0.15) is 74.1 Å². The topological polar surface area (TPSA) is 0 Å². The highest BCUT2D eigenvalue weighted by molar-refractivity contribution is 5.49. The zero-order valence-corrected chi connectivity index (χ0v) is 13.6. The summed E-state index contributed by atoms with van der Waals surface area (Å²) < 4.78 is 0. The van der Waals surface area contributed by atoms with Crippen molar-refractivity contribution in [1.29, 1.82) is 0 Å². The average molecular weight is 248 g/mol. The number of hydrogen-bond donors (Lipinski definition) is 0. The third-order valence-electron chi connectivity index (χ3n) is 4.10. The van der Waals surface area contributed by atoms with Gasteiger partial charge in [0.2, 0.25) is 0 Å². The van der Waals surface area contributed by atoms with E-state index in [0.717, 1.165) is 0 Å². The Morgan fingerprint density at radius 3 is 1.78 bits per heavy atom. The van der Waals surface area contributed by atoms with Crippen molar-refractivity contribution in [2.75, 3.05) is 0 Å². The summed E-state index contributed by atoms with van der Waals surface area (Å²) in [6, 6.07) is 0. The quantitative estimate of drug-likeness (QED) is 0.529. The van der Waals surface area contributed by atoms with E-state index in [9.17, 15) is 0 Å². The van der Waals surface area contributed by atoms with E-state index in [1.807, 2.05) is 0 Å². The highest BCUT2D eigenvalue weighted by Crippen LogP contribution is 2.44. The maximum Gasteiger partial charge on any atom is -0.00938 e. The van der Waals surface area contributed by atoms with Gasteiger partial charge in [0.25, 0.3) is 0 Å². The predicted molar refractivity (Wildman–Crippen MR) is 82.7 cm³/mol. The molecular formula is C18H32. The Morgan fingerprint density at radius 2 is 1.39 bits per heavy atom. The molecule has 104 valence electrons. The van der Waals surface area contributed by atoms with Crippen LogP contribution in [0, 0.1) is 17.8 Å². The van der Waals surface area contributed by atoms with Crippen LogP contribution >= 0.6 is 0 Å². The van der Waals surface area contributed by atoms with E-state index >= 15 is 0 Å². The van der Waals surface area contributed by atoms with E-state index in [1.165, 1.54) is 25.7 Å². The molecule has 0 amide bonds. The number of rotatable bonds is 6. The average Bonchev–Trinajstić information content (AvgIpc) is 2.65. The molecule has 0 radical (unpaired) electrons. The van der Waals surface area contributed by atoms with Crippen LogP contribution in [0.3, 0.4) is 0 Å². The summed E-state index contributed by atoms with van der Waals surface area (Å²) in [6.45, 7) is 16.5. The van der Waals surface area contributed by atoms with Crippen LogP contribution in [0.5, 0.6) is 0 Å². The van der Waals surface area contributed by atoms with Crippen LogP contribution < -0.4 is 0 Å². The monoisotopic (exact) mass is 248 g/mol. The standard InChI is InChI=1S/C18H32/c1-8-9-10-15-11-16(12(2)3)18(14(6)7)17(15)13(4)5/h12-14H,8-11H2,1-7H3. The summed E-state index contributed by atoms with van der Waals surface area (Å²) in [6.07, 6.45) is 5.24. The Hall–Kier alpha value is -0.520. The van der Waals surface area contributed by atoms with E-state index in [4.69, 9.17) is 0 Å². The summed E-state index contributed by atoms with van der Waals surface area (Å²) in [7, 11) is 0. The van der Waals surface area contributed by atoms with E-state index in [1.54, 1.807) is 22.3 Å². The molecule has 0 saturated heterocycles. The molecule has 0 nitrogen and oxygen atoms in total. The first kappa shape index (κ1) is 15.5. The molecule has 0 fully saturated rings. The van der Waals surface area contributed by atoms with Gasteiger partial charge in [-0.1, -0.05) is 66.0 Å². The maximum absolute atomic E-state index is 2.37. The van der Waals surface area contributed by atoms with E-state index in [2.05, 4.69) is 48.5 Å². The fraction of sp³-hybridized carbons (Fsp3) is 0.778. The maximum atomic E-state index is 2.37. The first-order chi connectivity index (χ1) is 8.40. The summed E-state index contributed by atoms with van der Waals surface area (Å²) in [5.41, 5.74) is 6.88. The zero-order chi connectivity index (χ0) is 13.9. The van der Waals surface area contributed by atoms with Gasteiger partial charge in [-0.15, -0.1) is 0 Å². The molecule has 0 spiro atoms. The minimum atomic E-state index is 0.680. The van der Waals surface area contributed by atoms with Crippen LogP contribution in [0.15, 0.2) is 22.3 Å². The molecular weight excluding hydrogens is 216 g/mol. The number of unbranched alkanes of at least 4 members (excludes halogenated alkanes) is 1. The smallest absolute Gasteiger partial charge is 0.00938 e. The highest BCUT2D eigenvalue weighted by Gasteiger charge is 2.28. The summed E-state index contributed by atoms with van der Waals surface area (Å²) in [5, 5.41) is 0. The van der Waals surface area contributed by atoms with Crippen molar-refractivity contribution in [1.82, 2.24) is 0 Å². The van der Waals surface area contributed by atoms with Gasteiger partial charge in [-0.05, 0) is 48.2 Å². The van der Waals surface area contributed by atoms with Crippen molar-refractivity contribution in [3.8, 4) is 0 Å². The molecule has 1 aliphatic carbocycles. The van der Waals surface area contributed by atoms with Gasteiger partial charge in [0.1, 0.15) is 0 Å². The lowest BCUT2D eigenvalue weighted by Gasteiger charge is -2.20. The normalized spacial score (nSPS) is 17.0. The van der Waals surface area contributed by atoms with E-state index < -0.39 is 0 Å². The molecule has 0 heteroatoms. The van der Waals surface area contributed by atoms with Crippen LogP contribution in [-0.4, -0.2) is 0 Å². The molecule has 0 heterocycles. The lowest BCUT2D eigenvalue weighted by molar-refractivity contribution is 0.670. The molecule has 0 bridgehead atoms. The number of allylic oxidation sites excluding steroid dienone is 4. The molecule has 0 atom stereocenters. The fourth-order valence-electron chi connectivity index (χ4n) is 3.31. The van der Waals surface area contributed by atoms with Crippen LogP contribution in [0.25, 0.3) is 0 Å². The van der Waals surface area contributed by atoms with Crippen molar-refractivity contribution in [3.63, 3.8) is 0 Å². The molecule has 0 saturated carbocycles. The molecule has 0 aromatic rings. The lowest BCUT2D eigenvalue weighted by atomic mass is 9.85. The van der Waals surface area contributed by atoms with Gasteiger partial charge in [-0.3, -0.25) is 0 Å². The van der Waals surface area contributed by atoms with E-state index in [0.29, 0.717) is 17.8 Å². The minimum Gasteiger partial charge on any atom is -0.0654 e. The molecule has 0 aromatic carbocycles. The minimum absolute atomic E-state index is 0.680. The van der Waals surface area contributed by atoms with Gasteiger partial charge in [-0.2, -0.15) is 0 Å². The zero-order valence-electron chi connectivity index (χ0n) is 13.6. The second-order valence-corrected chi connectivity index (χ2v) is 6.70. The molecule has 18 heavy (non-hydrogen) atoms. The SMILES string of the molecule is CCCCC1=C(C(C)C)C(C(C)C)=C(C(C)C)C1. The molecule has 0 N–H and O–H groups in total. The Balaban J connectivity index is 3.13. The Kier molecular flexibility index (Phi) is 5.69. The van der Waals surface area contributed by atoms with Gasteiger partial charge in [0, 0.05) is 0 Å². The van der Waals surface area contributed by atoms with Crippen LogP contribution in [0.4, 0.5) is 0 Å². The van der Waals surface area contributed by atoms with Crippen LogP contribution in [-0.2, 0) is 0 Å². The first-order valence-corrected chi connectivity index (χ1v) is 7.85. The van der Waals surface area contributed by atoms with Gasteiger partial charge in [0.05, 0.1) is 0 Å². The first-order valence-electron chi connectivity index (χ1n) is 7.85.